The van der Waals surface area contributed by atoms with Crippen molar-refractivity contribution in [2.24, 2.45) is 0 Å². The van der Waals surface area contributed by atoms with Gasteiger partial charge in [0.25, 0.3) is 5.91 Å². The van der Waals surface area contributed by atoms with Crippen LogP contribution in [0.4, 0.5) is 10.1 Å². The number of sulfone groups is 1. The summed E-state index contributed by atoms with van der Waals surface area (Å²) in [6.07, 6.45) is 4.29. The predicted molar refractivity (Wildman–Crippen MR) is 101 cm³/mol. The fourth-order valence-corrected chi connectivity index (χ4v) is 5.55. The summed E-state index contributed by atoms with van der Waals surface area (Å²) in [5.74, 6) is -0.522. The quantitative estimate of drug-likeness (QED) is 0.759. The third kappa shape index (κ3) is 4.19. The van der Waals surface area contributed by atoms with Crippen molar-refractivity contribution in [2.75, 3.05) is 36.0 Å². The smallest absolute Gasteiger partial charge is 0.254 e. The highest BCUT2D eigenvalue weighted by atomic mass is 32.2. The monoisotopic (exact) mass is 382 g/mol. The molecule has 3 rings (SSSR count). The number of hydrogen-bond donors (Lipinski definition) is 0. The Kier molecular flexibility index (Phi) is 5.85. The summed E-state index contributed by atoms with van der Waals surface area (Å²) in [4.78, 5) is 16.6. The Labute approximate surface area is 155 Å². The first-order valence-electron chi connectivity index (χ1n) is 9.47. The Morgan fingerprint density at radius 3 is 2.62 bits per heavy atom. The van der Waals surface area contributed by atoms with Crippen molar-refractivity contribution in [3.63, 3.8) is 0 Å². The number of hydrogen-bond acceptors (Lipinski definition) is 4. The van der Waals surface area contributed by atoms with Crippen molar-refractivity contribution < 1.29 is 17.6 Å². The van der Waals surface area contributed by atoms with E-state index in [2.05, 4.69) is 0 Å². The van der Waals surface area contributed by atoms with Crippen molar-refractivity contribution >= 4 is 21.4 Å². The zero-order valence-corrected chi connectivity index (χ0v) is 16.1. The largest absolute Gasteiger partial charge is 0.369 e. The molecule has 1 atom stereocenters. The summed E-state index contributed by atoms with van der Waals surface area (Å²) in [5.41, 5.74) is 0.841. The van der Waals surface area contributed by atoms with Crippen molar-refractivity contribution in [3.05, 3.63) is 29.6 Å². The molecule has 2 aliphatic rings. The highest BCUT2D eigenvalue weighted by molar-refractivity contribution is 7.91. The average Bonchev–Trinajstić information content (AvgIpc) is 3.24. The minimum Gasteiger partial charge on any atom is -0.369 e. The van der Waals surface area contributed by atoms with Crippen LogP contribution in [0.15, 0.2) is 18.2 Å². The zero-order chi connectivity index (χ0) is 18.7. The van der Waals surface area contributed by atoms with Gasteiger partial charge >= 0.3 is 0 Å². The number of anilines is 1. The summed E-state index contributed by atoms with van der Waals surface area (Å²) < 4.78 is 38.2. The second-order valence-electron chi connectivity index (χ2n) is 7.27. The van der Waals surface area contributed by atoms with E-state index < -0.39 is 9.84 Å². The Morgan fingerprint density at radius 1 is 1.31 bits per heavy atom. The van der Waals surface area contributed by atoms with E-state index in [1.54, 1.807) is 17.0 Å². The number of benzene rings is 1. The molecule has 0 aliphatic carbocycles. The molecule has 1 amide bonds. The van der Waals surface area contributed by atoms with Crippen molar-refractivity contribution in [3.8, 4) is 0 Å². The number of carbonyl (C=O) groups excluding carboxylic acids is 1. The number of nitrogens with zero attached hydrogens (tertiary/aromatic N) is 2. The molecule has 0 spiro atoms. The minimum absolute atomic E-state index is 0.0107. The van der Waals surface area contributed by atoms with E-state index in [4.69, 9.17) is 0 Å². The summed E-state index contributed by atoms with van der Waals surface area (Å²) >= 11 is 0. The molecule has 7 heteroatoms. The van der Waals surface area contributed by atoms with Gasteiger partial charge in [0.2, 0.25) is 0 Å². The molecule has 0 saturated carbocycles. The highest BCUT2D eigenvalue weighted by Crippen LogP contribution is 2.26. The van der Waals surface area contributed by atoms with Gasteiger partial charge in [0, 0.05) is 31.2 Å². The van der Waals surface area contributed by atoms with E-state index in [0.29, 0.717) is 24.2 Å². The lowest BCUT2D eigenvalue weighted by atomic mass is 10.1. The lowest BCUT2D eigenvalue weighted by Crippen LogP contribution is -2.41. The first-order valence-corrected chi connectivity index (χ1v) is 11.3. The Hall–Kier alpha value is -1.63. The lowest BCUT2D eigenvalue weighted by molar-refractivity contribution is 0.0693. The lowest BCUT2D eigenvalue weighted by Gasteiger charge is -2.28. The van der Waals surface area contributed by atoms with Crippen LogP contribution < -0.4 is 4.90 Å². The van der Waals surface area contributed by atoms with Crippen LogP contribution in [0.25, 0.3) is 0 Å². The number of unbranched alkanes of at least 4 members (excludes halogenated alkanes) is 1. The van der Waals surface area contributed by atoms with E-state index in [0.717, 1.165) is 38.8 Å². The summed E-state index contributed by atoms with van der Waals surface area (Å²) in [6, 6.07) is 4.34. The molecule has 144 valence electrons. The number of carbonyl (C=O) groups is 1. The fraction of sp³-hybridized carbons (Fsp3) is 0.632. The molecule has 1 aromatic carbocycles. The molecular formula is C19H27FN2O3S. The number of rotatable bonds is 6. The predicted octanol–water partition coefficient (Wildman–Crippen LogP) is 2.86. The van der Waals surface area contributed by atoms with Gasteiger partial charge in [0.1, 0.15) is 5.82 Å². The third-order valence-electron chi connectivity index (χ3n) is 5.30. The topological polar surface area (TPSA) is 57.7 Å². The zero-order valence-electron chi connectivity index (χ0n) is 15.3. The van der Waals surface area contributed by atoms with Crippen molar-refractivity contribution in [2.45, 2.75) is 45.1 Å². The molecule has 2 heterocycles. The van der Waals surface area contributed by atoms with E-state index in [-0.39, 0.29) is 29.3 Å². The van der Waals surface area contributed by atoms with Crippen LogP contribution in [-0.4, -0.2) is 56.4 Å². The first kappa shape index (κ1) is 19.1. The molecule has 5 nitrogen and oxygen atoms in total. The molecule has 0 radical (unpaired) electrons. The second-order valence-corrected chi connectivity index (χ2v) is 9.50. The molecule has 0 aromatic heterocycles. The van der Waals surface area contributed by atoms with Crippen LogP contribution in [0.5, 0.6) is 0 Å². The average molecular weight is 383 g/mol. The third-order valence-corrected chi connectivity index (χ3v) is 7.05. The van der Waals surface area contributed by atoms with Crippen molar-refractivity contribution in [1.82, 2.24) is 4.90 Å². The number of amides is 1. The standard InChI is InChI=1S/C19H27FN2O3S/c1-2-3-11-22(16-8-12-26(24,25)14-16)19(23)15-6-7-18(17(20)13-15)21-9-4-5-10-21/h6-7,13,16H,2-5,8-12,14H2,1H3. The van der Waals surface area contributed by atoms with Gasteiger partial charge < -0.3 is 9.80 Å². The highest BCUT2D eigenvalue weighted by Gasteiger charge is 2.35. The molecule has 2 saturated heterocycles. The molecule has 2 fully saturated rings. The van der Waals surface area contributed by atoms with Crippen LogP contribution in [0.1, 0.15) is 49.4 Å². The van der Waals surface area contributed by atoms with Gasteiger partial charge in [-0.3, -0.25) is 4.79 Å². The van der Waals surface area contributed by atoms with E-state index >= 15 is 0 Å². The van der Waals surface area contributed by atoms with Crippen LogP contribution in [0.2, 0.25) is 0 Å². The van der Waals surface area contributed by atoms with Gasteiger partial charge in [0.05, 0.1) is 17.2 Å². The van der Waals surface area contributed by atoms with E-state index in [9.17, 15) is 17.6 Å². The van der Waals surface area contributed by atoms with Gasteiger partial charge in [-0.1, -0.05) is 13.3 Å². The molecular weight excluding hydrogens is 355 g/mol. The van der Waals surface area contributed by atoms with Crippen LogP contribution in [0, 0.1) is 5.82 Å². The fourth-order valence-electron chi connectivity index (χ4n) is 3.82. The van der Waals surface area contributed by atoms with E-state index in [1.165, 1.54) is 6.07 Å². The van der Waals surface area contributed by atoms with Gasteiger partial charge in [-0.2, -0.15) is 0 Å². The maximum Gasteiger partial charge on any atom is 0.254 e. The Morgan fingerprint density at radius 2 is 2.04 bits per heavy atom. The maximum absolute atomic E-state index is 14.6. The van der Waals surface area contributed by atoms with Crippen LogP contribution in [0.3, 0.4) is 0 Å². The Bertz CT molecular complexity index is 760. The summed E-state index contributed by atoms with van der Waals surface area (Å²) in [7, 11) is -3.08. The second kappa shape index (κ2) is 7.94. The van der Waals surface area contributed by atoms with Gasteiger partial charge in [-0.05, 0) is 43.9 Å². The SMILES string of the molecule is CCCCN(C(=O)c1ccc(N2CCCC2)c(F)c1)C1CCS(=O)(=O)C1. The van der Waals surface area contributed by atoms with Crippen molar-refractivity contribution in [1.29, 1.82) is 0 Å². The van der Waals surface area contributed by atoms with Gasteiger partial charge in [-0.25, -0.2) is 12.8 Å². The molecule has 1 unspecified atom stereocenters. The summed E-state index contributed by atoms with van der Waals surface area (Å²) in [6.45, 7) is 4.21. The normalized spacial score (nSPS) is 21.9. The minimum atomic E-state index is -3.08. The molecule has 0 N–H and O–H groups in total. The Balaban J connectivity index is 1.80. The first-order chi connectivity index (χ1) is 12.4. The van der Waals surface area contributed by atoms with Gasteiger partial charge in [0.15, 0.2) is 9.84 Å². The summed E-state index contributed by atoms with van der Waals surface area (Å²) in [5, 5.41) is 0. The molecule has 1 aromatic rings. The number of halogens is 1. The molecule has 26 heavy (non-hydrogen) atoms. The molecule has 0 bridgehead atoms. The molecule has 2 aliphatic heterocycles. The maximum atomic E-state index is 14.6. The van der Waals surface area contributed by atoms with Crippen LogP contribution >= 0.6 is 0 Å². The van der Waals surface area contributed by atoms with Gasteiger partial charge in [-0.15, -0.1) is 0 Å². The van der Waals surface area contributed by atoms with E-state index in [1.807, 2.05) is 11.8 Å². The van der Waals surface area contributed by atoms with Crippen LogP contribution in [-0.2, 0) is 9.84 Å².